The quantitative estimate of drug-likeness (QED) is 0.535. The second kappa shape index (κ2) is 1.61. The summed E-state index contributed by atoms with van der Waals surface area (Å²) in [5, 5.41) is 8.83. The minimum atomic E-state index is 0.191. The SMILES string of the molecule is CC1(C)C(Cl)C1CO. The normalized spacial score (nSPS) is 42.0. The predicted molar refractivity (Wildman–Crippen MR) is 34.0 cm³/mol. The Hall–Kier alpha value is 0.250. The molecule has 1 rings (SSSR count). The van der Waals surface area contributed by atoms with Crippen molar-refractivity contribution in [2.75, 3.05) is 6.61 Å². The number of halogens is 1. The maximum absolute atomic E-state index is 8.63. The molecule has 8 heavy (non-hydrogen) atoms. The van der Waals surface area contributed by atoms with Gasteiger partial charge in [-0.05, 0) is 5.41 Å². The highest BCUT2D eigenvalue weighted by molar-refractivity contribution is 6.23. The number of rotatable bonds is 1. The number of hydrogen-bond donors (Lipinski definition) is 1. The molecule has 2 unspecified atom stereocenters. The molecule has 2 atom stereocenters. The van der Waals surface area contributed by atoms with E-state index in [-0.39, 0.29) is 17.4 Å². The summed E-state index contributed by atoms with van der Waals surface area (Å²) < 4.78 is 0. The number of hydrogen-bond acceptors (Lipinski definition) is 1. The molecule has 0 amide bonds. The van der Waals surface area contributed by atoms with Crippen molar-refractivity contribution in [3.05, 3.63) is 0 Å². The van der Waals surface area contributed by atoms with Gasteiger partial charge in [-0.15, -0.1) is 11.6 Å². The van der Waals surface area contributed by atoms with Crippen molar-refractivity contribution in [2.24, 2.45) is 11.3 Å². The Morgan fingerprint density at radius 3 is 2.00 bits per heavy atom. The van der Waals surface area contributed by atoms with Gasteiger partial charge in [0.15, 0.2) is 0 Å². The van der Waals surface area contributed by atoms with E-state index in [0.29, 0.717) is 5.92 Å². The second-order valence-corrected chi connectivity index (χ2v) is 3.48. The van der Waals surface area contributed by atoms with Gasteiger partial charge in [-0.2, -0.15) is 0 Å². The van der Waals surface area contributed by atoms with Gasteiger partial charge in [-0.1, -0.05) is 13.8 Å². The van der Waals surface area contributed by atoms with Gasteiger partial charge >= 0.3 is 0 Å². The maximum Gasteiger partial charge on any atom is 0.0479 e. The molecule has 1 aliphatic rings. The summed E-state index contributed by atoms with van der Waals surface area (Å²) in [4.78, 5) is 0. The average molecular weight is 135 g/mol. The third-order valence-electron chi connectivity index (χ3n) is 2.11. The molecule has 0 aliphatic heterocycles. The van der Waals surface area contributed by atoms with E-state index >= 15 is 0 Å². The molecule has 0 heterocycles. The number of aliphatic hydroxyl groups excluding tert-OH is 1. The van der Waals surface area contributed by atoms with Crippen LogP contribution in [-0.2, 0) is 0 Å². The van der Waals surface area contributed by atoms with Crippen LogP contribution < -0.4 is 0 Å². The molecule has 1 aliphatic carbocycles. The first kappa shape index (κ1) is 6.37. The summed E-state index contributed by atoms with van der Waals surface area (Å²) in [6.45, 7) is 4.39. The van der Waals surface area contributed by atoms with Crippen molar-refractivity contribution in [3.8, 4) is 0 Å². The Kier molecular flexibility index (Phi) is 1.28. The molecule has 0 spiro atoms. The van der Waals surface area contributed by atoms with Gasteiger partial charge in [-0.3, -0.25) is 0 Å². The Morgan fingerprint density at radius 2 is 2.00 bits per heavy atom. The number of alkyl halides is 1. The van der Waals surface area contributed by atoms with Crippen LogP contribution in [0.5, 0.6) is 0 Å². The highest BCUT2D eigenvalue weighted by Crippen LogP contribution is 2.55. The molecule has 0 radical (unpaired) electrons. The Morgan fingerprint density at radius 1 is 1.62 bits per heavy atom. The maximum atomic E-state index is 8.63. The molecule has 1 fully saturated rings. The zero-order valence-corrected chi connectivity index (χ0v) is 5.94. The molecule has 48 valence electrons. The van der Waals surface area contributed by atoms with Crippen LogP contribution in [0.2, 0.25) is 0 Å². The van der Waals surface area contributed by atoms with E-state index in [9.17, 15) is 0 Å². The van der Waals surface area contributed by atoms with E-state index in [4.69, 9.17) is 16.7 Å². The number of aliphatic hydroxyl groups is 1. The Labute approximate surface area is 54.7 Å². The van der Waals surface area contributed by atoms with Gasteiger partial charge in [0.1, 0.15) is 0 Å². The van der Waals surface area contributed by atoms with E-state index in [2.05, 4.69) is 13.8 Å². The first-order valence-corrected chi connectivity index (χ1v) is 3.29. The van der Waals surface area contributed by atoms with Gasteiger partial charge < -0.3 is 5.11 Å². The summed E-state index contributed by atoms with van der Waals surface area (Å²) in [7, 11) is 0. The van der Waals surface area contributed by atoms with Crippen molar-refractivity contribution in [3.63, 3.8) is 0 Å². The molecule has 1 nitrogen and oxygen atoms in total. The lowest BCUT2D eigenvalue weighted by atomic mass is 10.1. The fraction of sp³-hybridized carbons (Fsp3) is 1.00. The Balaban J connectivity index is 2.45. The van der Waals surface area contributed by atoms with Gasteiger partial charge in [0, 0.05) is 17.9 Å². The first-order chi connectivity index (χ1) is 3.60. The van der Waals surface area contributed by atoms with Crippen LogP contribution in [0.25, 0.3) is 0 Å². The fourth-order valence-corrected chi connectivity index (χ4v) is 1.50. The van der Waals surface area contributed by atoms with E-state index in [1.54, 1.807) is 0 Å². The molecular formula is C6H11ClO. The predicted octanol–water partition coefficient (Wildman–Crippen LogP) is 1.24. The summed E-state index contributed by atoms with van der Waals surface area (Å²) in [5.41, 5.74) is 0.191. The van der Waals surface area contributed by atoms with Crippen molar-refractivity contribution in [2.45, 2.75) is 19.2 Å². The van der Waals surface area contributed by atoms with Gasteiger partial charge in [-0.25, -0.2) is 0 Å². The molecular weight excluding hydrogens is 124 g/mol. The highest BCUT2D eigenvalue weighted by atomic mass is 35.5. The Bertz CT molecular complexity index is 101. The standard InChI is InChI=1S/C6H11ClO/c1-6(2)4(3-8)5(6)7/h4-5,8H,3H2,1-2H3. The largest absolute Gasteiger partial charge is 0.396 e. The summed E-state index contributed by atoms with van der Waals surface area (Å²) >= 11 is 5.78. The molecule has 1 saturated carbocycles. The lowest BCUT2D eigenvalue weighted by Gasteiger charge is -1.95. The zero-order valence-electron chi connectivity index (χ0n) is 5.19. The molecule has 1 N–H and O–H groups in total. The lowest BCUT2D eigenvalue weighted by molar-refractivity contribution is 0.257. The van der Waals surface area contributed by atoms with E-state index < -0.39 is 0 Å². The smallest absolute Gasteiger partial charge is 0.0479 e. The van der Waals surface area contributed by atoms with E-state index in [1.807, 2.05) is 0 Å². The minimum Gasteiger partial charge on any atom is -0.396 e. The molecule has 2 heteroatoms. The van der Waals surface area contributed by atoms with Gasteiger partial charge in [0.05, 0.1) is 0 Å². The molecule has 0 aromatic rings. The van der Waals surface area contributed by atoms with Crippen molar-refractivity contribution >= 4 is 11.6 Å². The summed E-state index contributed by atoms with van der Waals surface area (Å²) in [6.07, 6.45) is 0. The highest BCUT2D eigenvalue weighted by Gasteiger charge is 2.56. The third kappa shape index (κ3) is 0.652. The third-order valence-corrected chi connectivity index (χ3v) is 2.97. The van der Waals surface area contributed by atoms with Crippen LogP contribution in [0.1, 0.15) is 13.8 Å². The van der Waals surface area contributed by atoms with Crippen LogP contribution in [0.15, 0.2) is 0 Å². The van der Waals surface area contributed by atoms with Crippen LogP contribution in [-0.4, -0.2) is 17.1 Å². The molecule has 0 aromatic carbocycles. The summed E-state index contributed by atoms with van der Waals surface area (Å²) in [6, 6.07) is 0. The van der Waals surface area contributed by atoms with Crippen LogP contribution in [0.3, 0.4) is 0 Å². The van der Waals surface area contributed by atoms with Gasteiger partial charge in [0.25, 0.3) is 0 Å². The van der Waals surface area contributed by atoms with Gasteiger partial charge in [0.2, 0.25) is 0 Å². The van der Waals surface area contributed by atoms with Crippen LogP contribution in [0, 0.1) is 11.3 Å². The topological polar surface area (TPSA) is 20.2 Å². The van der Waals surface area contributed by atoms with E-state index in [1.165, 1.54) is 0 Å². The molecule has 0 saturated heterocycles. The molecule has 0 aromatic heterocycles. The summed E-state index contributed by atoms with van der Waals surface area (Å²) in [5.74, 6) is 0.337. The van der Waals surface area contributed by atoms with Crippen LogP contribution >= 0.6 is 11.6 Å². The van der Waals surface area contributed by atoms with Crippen molar-refractivity contribution < 1.29 is 5.11 Å². The monoisotopic (exact) mass is 134 g/mol. The first-order valence-electron chi connectivity index (χ1n) is 2.85. The molecule has 0 bridgehead atoms. The van der Waals surface area contributed by atoms with Crippen molar-refractivity contribution in [1.82, 2.24) is 0 Å². The minimum absolute atomic E-state index is 0.191. The second-order valence-electron chi connectivity index (χ2n) is 3.01. The fourth-order valence-electron chi connectivity index (χ4n) is 1.01. The lowest BCUT2D eigenvalue weighted by Crippen LogP contribution is -1.93. The average Bonchev–Trinajstić information content (AvgIpc) is 2.09. The zero-order chi connectivity index (χ0) is 6.36. The van der Waals surface area contributed by atoms with Crippen LogP contribution in [0.4, 0.5) is 0 Å². The van der Waals surface area contributed by atoms with Crippen molar-refractivity contribution in [1.29, 1.82) is 0 Å². The van der Waals surface area contributed by atoms with E-state index in [0.717, 1.165) is 0 Å².